The fourth-order valence-electron chi connectivity index (χ4n) is 13.4. The standard InChI is InChI=1S/C17H20N.2C17H16N.C17H20N.C17H16N.12C2H6.2CH4/c2*1-13-7-3-6-10-16(13)17-11-14-8-4-5-9-15(14)12-18(17)2;1-13-7-3-5-9-15(13)17-16-10-6-4-8-14(16)11-12-18(17)2;2*1-13-7-3-5-9-15(13)17-12-11-14-8-4-6-10-16(14)18(17)2;12*1-2;;/h3,6-7,10-12H,4-5,8-9H2,1-2H3;2*3-12H,1-2H3;3,5,7,9,11-12H,4,6,8,10H2,1-2H3;3-12H,1-2H3;12*1-2H3;2*1H4/q5*+1;;;;;;;;;;;;;;. The van der Waals surface area contributed by atoms with Crippen molar-refractivity contribution in [2.75, 3.05) is 0 Å². The van der Waals surface area contributed by atoms with E-state index in [4.69, 9.17) is 0 Å². The van der Waals surface area contributed by atoms with Crippen molar-refractivity contribution in [2.24, 2.45) is 35.2 Å². The second-order valence-electron chi connectivity index (χ2n) is 24.7. The SMILES string of the molecule is C.C.CC.CC.CC.CC.CC.CC.CC.CC.CC.CC.CC.CC.Cc1ccccc1-c1c2ccccc2cc[n+]1C.Cc1ccccc1-c1cc2c(c[n+]1C)CCCC2.Cc1ccccc1-c1cc2ccccc2c[n+]1C.Cc1ccccc1-c1ccc2c([n+]1C)CCCC2.Cc1ccccc1-c1ccc2ccccc2[n+]1C. The molecule has 0 saturated heterocycles. The molecule has 2 aliphatic carbocycles. The molecule has 0 spiro atoms. The van der Waals surface area contributed by atoms with E-state index in [9.17, 15) is 0 Å². The number of hydrogen-bond donors (Lipinski definition) is 0. The first-order valence-corrected chi connectivity index (χ1v) is 44.3. The van der Waals surface area contributed by atoms with E-state index in [1.165, 1.54) is 174 Å². The van der Waals surface area contributed by atoms with Gasteiger partial charge in [0.2, 0.25) is 34.0 Å². The highest BCUT2D eigenvalue weighted by Gasteiger charge is 2.24. The van der Waals surface area contributed by atoms with E-state index >= 15 is 0 Å². The second kappa shape index (κ2) is 67.5. The van der Waals surface area contributed by atoms with Gasteiger partial charge in [0.15, 0.2) is 24.3 Å². The van der Waals surface area contributed by atoms with Crippen LogP contribution in [-0.4, -0.2) is 0 Å². The Balaban J connectivity index is -0.000000630. The molecule has 2 aliphatic rings. The molecule has 632 valence electrons. The average molecular weight is 1570 g/mol. The Morgan fingerprint density at radius 1 is 0.233 bits per heavy atom. The molecule has 0 aliphatic heterocycles. The van der Waals surface area contributed by atoms with Crippen molar-refractivity contribution in [3.63, 3.8) is 0 Å². The molecule has 13 aromatic rings. The third-order valence-electron chi connectivity index (χ3n) is 18.5. The van der Waals surface area contributed by atoms with Crippen molar-refractivity contribution < 1.29 is 22.8 Å². The van der Waals surface area contributed by atoms with E-state index in [1.54, 1.807) is 16.7 Å². The first-order valence-electron chi connectivity index (χ1n) is 44.3. The minimum atomic E-state index is 0. The zero-order chi connectivity index (χ0) is 86.7. The van der Waals surface area contributed by atoms with Crippen molar-refractivity contribution in [2.45, 2.75) is 267 Å². The van der Waals surface area contributed by atoms with Gasteiger partial charge in [-0.2, -0.15) is 9.13 Å². The Labute approximate surface area is 714 Å². The number of aryl methyl sites for hydroxylation is 12. The zero-order valence-corrected chi connectivity index (χ0v) is 78.6. The quantitative estimate of drug-likeness (QED) is 0.153. The summed E-state index contributed by atoms with van der Waals surface area (Å²) in [6, 6.07) is 84.2. The Morgan fingerprint density at radius 3 is 1.02 bits per heavy atom. The minimum Gasteiger partial charge on any atom is -0.201 e. The van der Waals surface area contributed by atoms with Crippen LogP contribution in [0.1, 0.15) is 257 Å². The van der Waals surface area contributed by atoms with E-state index in [0.29, 0.717) is 0 Å². The molecule has 5 nitrogen and oxygen atoms in total. The van der Waals surface area contributed by atoms with Crippen molar-refractivity contribution in [3.8, 4) is 56.3 Å². The Kier molecular flexibility index (Phi) is 65.5. The lowest BCUT2D eigenvalue weighted by atomic mass is 9.91. The normalized spacial score (nSPS) is 10.1. The molecule has 5 aromatic heterocycles. The molecule has 0 fully saturated rings. The molecule has 15 rings (SSSR count). The Hall–Kier alpha value is -9.71. The van der Waals surface area contributed by atoms with E-state index in [0.717, 1.165) is 0 Å². The van der Waals surface area contributed by atoms with Gasteiger partial charge in [0.25, 0.3) is 0 Å². The van der Waals surface area contributed by atoms with Crippen LogP contribution in [0.3, 0.4) is 0 Å². The number of fused-ring (bicyclic) bond motifs is 5. The molecule has 5 heterocycles. The topological polar surface area (TPSA) is 19.4 Å². The van der Waals surface area contributed by atoms with E-state index < -0.39 is 0 Å². The molecule has 0 saturated carbocycles. The summed E-state index contributed by atoms with van der Waals surface area (Å²) in [6.45, 7) is 58.9. The summed E-state index contributed by atoms with van der Waals surface area (Å²) in [7, 11) is 10.7. The Morgan fingerprint density at radius 2 is 0.560 bits per heavy atom. The molecule has 0 unspecified atom stereocenters. The van der Waals surface area contributed by atoms with Crippen LogP contribution in [-0.2, 0) is 60.9 Å². The highest BCUT2D eigenvalue weighted by molar-refractivity contribution is 5.93. The van der Waals surface area contributed by atoms with Gasteiger partial charge < -0.3 is 0 Å². The maximum absolute atomic E-state index is 2.40. The zero-order valence-electron chi connectivity index (χ0n) is 78.6. The lowest BCUT2D eigenvalue weighted by Gasteiger charge is -2.15. The number of aromatic nitrogens is 5. The molecule has 0 amide bonds. The number of benzene rings is 8. The molecule has 116 heavy (non-hydrogen) atoms. The number of hydrogen-bond acceptors (Lipinski definition) is 0. The van der Waals surface area contributed by atoms with Crippen LogP contribution in [0.15, 0.2) is 255 Å². The van der Waals surface area contributed by atoms with Crippen LogP contribution in [0.25, 0.3) is 88.7 Å². The molecular weight excluding hydrogens is 1400 g/mol. The lowest BCUT2D eigenvalue weighted by Crippen LogP contribution is -2.38. The van der Waals surface area contributed by atoms with Crippen molar-refractivity contribution >= 4 is 32.4 Å². The molecule has 0 atom stereocenters. The van der Waals surface area contributed by atoms with Gasteiger partial charge in [-0.05, 0) is 184 Å². The van der Waals surface area contributed by atoms with Crippen LogP contribution in [0.5, 0.6) is 0 Å². The molecule has 5 heteroatoms. The van der Waals surface area contributed by atoms with Crippen molar-refractivity contribution in [3.05, 3.63) is 305 Å². The number of pyridine rings is 5. The van der Waals surface area contributed by atoms with Gasteiger partial charge in [0.05, 0.1) is 5.39 Å². The summed E-state index contributed by atoms with van der Waals surface area (Å²) in [5.41, 5.74) is 27.1. The summed E-state index contributed by atoms with van der Waals surface area (Å²) in [5.74, 6) is 0. The fourth-order valence-corrected chi connectivity index (χ4v) is 13.4. The van der Waals surface area contributed by atoms with Crippen molar-refractivity contribution in [1.29, 1.82) is 0 Å². The summed E-state index contributed by atoms with van der Waals surface area (Å²) < 4.78 is 11.3. The minimum absolute atomic E-state index is 0. The van der Waals surface area contributed by atoms with E-state index in [-0.39, 0.29) is 14.9 Å². The van der Waals surface area contributed by atoms with E-state index in [1.807, 2.05) is 166 Å². The van der Waals surface area contributed by atoms with Gasteiger partial charge in [-0.15, -0.1) is 0 Å². The first kappa shape index (κ1) is 113. The summed E-state index contributed by atoms with van der Waals surface area (Å²) in [6.07, 6.45) is 17.0. The van der Waals surface area contributed by atoms with Gasteiger partial charge in [-0.25, -0.2) is 13.7 Å². The second-order valence-corrected chi connectivity index (χ2v) is 24.7. The monoisotopic (exact) mass is 1570 g/mol. The average Bonchev–Trinajstić information content (AvgIpc) is 0.802. The third kappa shape index (κ3) is 33.1. The predicted molar refractivity (Wildman–Crippen MR) is 524 cm³/mol. The Bertz CT molecular complexity index is 4590. The smallest absolute Gasteiger partial charge is 0.201 e. The predicted octanol–water partition coefficient (Wildman–Crippen LogP) is 31.2. The van der Waals surface area contributed by atoms with E-state index in [2.05, 4.69) is 348 Å². The van der Waals surface area contributed by atoms with Crippen LogP contribution < -0.4 is 22.8 Å². The van der Waals surface area contributed by atoms with Gasteiger partial charge in [0.1, 0.15) is 35.2 Å². The van der Waals surface area contributed by atoms with Gasteiger partial charge >= 0.3 is 0 Å². The third-order valence-corrected chi connectivity index (χ3v) is 18.5. The van der Waals surface area contributed by atoms with Crippen LogP contribution >= 0.6 is 0 Å². The summed E-state index contributed by atoms with van der Waals surface area (Å²) >= 11 is 0. The number of rotatable bonds is 5. The molecule has 8 aromatic carbocycles. The molecule has 0 N–H and O–H groups in total. The fraction of sp³-hybridized carbons (Fsp3) is 0.396. The van der Waals surface area contributed by atoms with Crippen LogP contribution in [0, 0.1) is 34.6 Å². The van der Waals surface area contributed by atoms with Crippen LogP contribution in [0.2, 0.25) is 0 Å². The number of para-hydroxylation sites is 1. The molecule has 0 radical (unpaired) electrons. The lowest BCUT2D eigenvalue weighted by molar-refractivity contribution is -0.669. The van der Waals surface area contributed by atoms with Gasteiger partial charge in [-0.1, -0.05) is 321 Å². The first-order chi connectivity index (χ1) is 55.8. The highest BCUT2D eigenvalue weighted by atomic mass is 15.0. The van der Waals surface area contributed by atoms with Crippen LogP contribution in [0.4, 0.5) is 0 Å². The molecular formula is C111H168N5+5. The summed E-state index contributed by atoms with van der Waals surface area (Å²) in [5, 5.41) is 6.43. The van der Waals surface area contributed by atoms with Gasteiger partial charge in [-0.3, -0.25) is 0 Å². The molecule has 0 bridgehead atoms. The highest BCUT2D eigenvalue weighted by Crippen LogP contribution is 2.31. The maximum atomic E-state index is 2.40. The largest absolute Gasteiger partial charge is 0.220 e. The van der Waals surface area contributed by atoms with Crippen molar-refractivity contribution in [1.82, 2.24) is 0 Å². The number of nitrogens with zero attached hydrogens (tertiary/aromatic N) is 5. The summed E-state index contributed by atoms with van der Waals surface area (Å²) in [4.78, 5) is 0. The maximum Gasteiger partial charge on any atom is 0.220 e. The van der Waals surface area contributed by atoms with Gasteiger partial charge in [0, 0.05) is 92.5 Å².